The first kappa shape index (κ1) is 29.1. The molecule has 1 aromatic carbocycles. The van der Waals surface area contributed by atoms with Crippen molar-refractivity contribution in [2.75, 3.05) is 39.9 Å². The van der Waals surface area contributed by atoms with Gasteiger partial charge in [0.15, 0.2) is 0 Å². The van der Waals surface area contributed by atoms with Gasteiger partial charge in [-0.25, -0.2) is 9.78 Å². The number of carbonyl (C=O) groups is 2. The van der Waals surface area contributed by atoms with Gasteiger partial charge in [0, 0.05) is 44.0 Å². The van der Waals surface area contributed by atoms with Crippen LogP contribution in [-0.4, -0.2) is 78.7 Å². The highest BCUT2D eigenvalue weighted by Gasteiger charge is 2.26. The van der Waals surface area contributed by atoms with Gasteiger partial charge >= 0.3 is 6.03 Å². The molecule has 1 aliphatic rings. The van der Waals surface area contributed by atoms with Gasteiger partial charge in [-0.2, -0.15) is 0 Å². The molecule has 204 valence electrons. The Kier molecular flexibility index (Phi) is 11.8. The van der Waals surface area contributed by atoms with Gasteiger partial charge in [0.25, 0.3) is 0 Å². The summed E-state index contributed by atoms with van der Waals surface area (Å²) in [6, 6.07) is 9.35. The molecule has 1 aliphatic heterocycles. The Balaban J connectivity index is 1.64. The van der Waals surface area contributed by atoms with Crippen molar-refractivity contribution in [3.05, 3.63) is 52.0 Å². The predicted octanol–water partition coefficient (Wildman–Crippen LogP) is 4.03. The Bertz CT molecular complexity index is 962. The lowest BCUT2D eigenvalue weighted by molar-refractivity contribution is -0.124. The summed E-state index contributed by atoms with van der Waals surface area (Å²) in [5.41, 5.74) is 2.06. The summed E-state index contributed by atoms with van der Waals surface area (Å²) in [7, 11) is 1.75. The van der Waals surface area contributed by atoms with Crippen LogP contribution < -0.4 is 10.6 Å². The average Bonchev–Trinajstić information content (AvgIpc) is 3.36. The van der Waals surface area contributed by atoms with Gasteiger partial charge in [0.05, 0.1) is 30.5 Å². The lowest BCUT2D eigenvalue weighted by Crippen LogP contribution is -2.53. The molecular weight excluding hydrogens is 486 g/mol. The van der Waals surface area contributed by atoms with E-state index in [0.717, 1.165) is 49.6 Å². The van der Waals surface area contributed by atoms with Crippen molar-refractivity contribution < 1.29 is 14.3 Å². The fourth-order valence-electron chi connectivity index (χ4n) is 4.41. The number of benzene rings is 1. The van der Waals surface area contributed by atoms with Crippen LogP contribution in [0.3, 0.4) is 0 Å². The zero-order chi connectivity index (χ0) is 26.6. The van der Waals surface area contributed by atoms with Crippen LogP contribution >= 0.6 is 11.3 Å². The summed E-state index contributed by atoms with van der Waals surface area (Å²) < 4.78 is 5.46. The Morgan fingerprint density at radius 2 is 1.86 bits per heavy atom. The molecule has 0 bridgehead atoms. The molecule has 3 amide bonds. The van der Waals surface area contributed by atoms with Crippen molar-refractivity contribution >= 4 is 23.3 Å². The molecule has 2 N–H and O–H groups in total. The minimum absolute atomic E-state index is 0.0184. The summed E-state index contributed by atoms with van der Waals surface area (Å²) in [5.74, 6) is 0.234. The molecule has 1 fully saturated rings. The molecule has 0 aliphatic carbocycles. The highest BCUT2D eigenvalue weighted by atomic mass is 32.1. The van der Waals surface area contributed by atoms with E-state index in [2.05, 4.69) is 53.4 Å². The quantitative estimate of drug-likeness (QED) is 0.409. The van der Waals surface area contributed by atoms with Crippen LogP contribution in [0.15, 0.2) is 35.7 Å². The number of amides is 3. The van der Waals surface area contributed by atoms with Crippen molar-refractivity contribution in [1.29, 1.82) is 0 Å². The Hall–Kier alpha value is -2.49. The number of nitrogens with one attached hydrogen (secondary N) is 2. The molecule has 2 heterocycles. The maximum Gasteiger partial charge on any atom is 0.318 e. The van der Waals surface area contributed by atoms with Crippen LogP contribution in [-0.2, 0) is 22.5 Å². The molecule has 0 unspecified atom stereocenters. The summed E-state index contributed by atoms with van der Waals surface area (Å²) in [4.78, 5) is 35.2. The van der Waals surface area contributed by atoms with Gasteiger partial charge in [-0.05, 0) is 24.8 Å². The van der Waals surface area contributed by atoms with Crippen LogP contribution in [0, 0.1) is 0 Å². The van der Waals surface area contributed by atoms with Crippen molar-refractivity contribution in [3.63, 3.8) is 0 Å². The lowest BCUT2D eigenvalue weighted by atomic mass is 10.0. The van der Waals surface area contributed by atoms with Crippen molar-refractivity contribution in [2.45, 2.75) is 71.0 Å². The molecule has 0 saturated carbocycles. The number of hydrogen-bond donors (Lipinski definition) is 2. The third kappa shape index (κ3) is 9.72. The Morgan fingerprint density at radius 1 is 1.14 bits per heavy atom. The number of ether oxygens (including phenoxy) is 1. The number of morpholine rings is 1. The van der Waals surface area contributed by atoms with E-state index in [-0.39, 0.29) is 18.0 Å². The minimum Gasteiger partial charge on any atom is -0.379 e. The number of aromatic nitrogens is 1. The topological polar surface area (TPSA) is 86.8 Å². The van der Waals surface area contributed by atoms with E-state index < -0.39 is 6.04 Å². The molecule has 37 heavy (non-hydrogen) atoms. The predicted molar refractivity (Wildman–Crippen MR) is 149 cm³/mol. The first-order valence-electron chi connectivity index (χ1n) is 13.5. The molecule has 2 aromatic rings. The van der Waals surface area contributed by atoms with Gasteiger partial charge in [-0.15, -0.1) is 11.3 Å². The number of carbonyl (C=O) groups excluding carboxylic acids is 2. The molecule has 1 aromatic heterocycles. The second kappa shape index (κ2) is 15.1. The normalized spacial score (nSPS) is 15.8. The van der Waals surface area contributed by atoms with Gasteiger partial charge in [-0.3, -0.25) is 9.69 Å². The lowest BCUT2D eigenvalue weighted by Gasteiger charge is -2.30. The smallest absolute Gasteiger partial charge is 0.318 e. The average molecular weight is 530 g/mol. The minimum atomic E-state index is -0.616. The maximum atomic E-state index is 13.5. The number of rotatable bonds is 13. The number of thiazole rings is 1. The van der Waals surface area contributed by atoms with E-state index in [0.29, 0.717) is 32.1 Å². The molecule has 0 radical (unpaired) electrons. The highest BCUT2D eigenvalue weighted by Crippen LogP contribution is 2.20. The van der Waals surface area contributed by atoms with Crippen LogP contribution in [0.1, 0.15) is 62.2 Å². The van der Waals surface area contributed by atoms with Crippen LogP contribution in [0.5, 0.6) is 0 Å². The monoisotopic (exact) mass is 529 g/mol. The Labute approximate surface area is 225 Å². The van der Waals surface area contributed by atoms with E-state index in [1.165, 1.54) is 5.56 Å². The zero-order valence-corrected chi connectivity index (χ0v) is 23.6. The third-order valence-corrected chi connectivity index (χ3v) is 7.76. The number of urea groups is 1. The SMILES string of the molecule is CCC[C@H](Cc1ccccc1)NC(=O)[C@H](CCN1CCOCC1)NC(=O)N(C)Cc1csc(C(C)C)n1. The van der Waals surface area contributed by atoms with Crippen LogP contribution in [0.2, 0.25) is 0 Å². The van der Waals surface area contributed by atoms with Crippen LogP contribution in [0.4, 0.5) is 4.79 Å². The van der Waals surface area contributed by atoms with E-state index in [9.17, 15) is 9.59 Å². The second-order valence-electron chi connectivity index (χ2n) is 10.1. The second-order valence-corrected chi connectivity index (χ2v) is 11.0. The molecule has 1 saturated heterocycles. The van der Waals surface area contributed by atoms with Gasteiger partial charge in [0.2, 0.25) is 5.91 Å². The van der Waals surface area contributed by atoms with Crippen molar-refractivity contribution in [2.24, 2.45) is 0 Å². The van der Waals surface area contributed by atoms with E-state index in [4.69, 9.17) is 4.74 Å². The van der Waals surface area contributed by atoms with Crippen molar-refractivity contribution in [1.82, 2.24) is 25.4 Å². The van der Waals surface area contributed by atoms with Gasteiger partial charge in [-0.1, -0.05) is 57.5 Å². The molecule has 3 rings (SSSR count). The van der Waals surface area contributed by atoms with E-state index in [1.807, 2.05) is 23.6 Å². The number of nitrogens with zero attached hydrogens (tertiary/aromatic N) is 3. The maximum absolute atomic E-state index is 13.5. The third-order valence-electron chi connectivity index (χ3n) is 6.57. The molecular formula is C28H43N5O3S. The molecule has 0 spiro atoms. The highest BCUT2D eigenvalue weighted by molar-refractivity contribution is 7.09. The first-order valence-corrected chi connectivity index (χ1v) is 14.3. The summed E-state index contributed by atoms with van der Waals surface area (Å²) in [5, 5.41) is 9.31. The number of hydrogen-bond acceptors (Lipinski definition) is 6. The Morgan fingerprint density at radius 3 is 2.51 bits per heavy atom. The summed E-state index contributed by atoms with van der Waals surface area (Å²) in [6.07, 6.45) is 3.17. The zero-order valence-electron chi connectivity index (χ0n) is 22.7. The van der Waals surface area contributed by atoms with Crippen molar-refractivity contribution in [3.8, 4) is 0 Å². The molecule has 2 atom stereocenters. The van der Waals surface area contributed by atoms with Gasteiger partial charge < -0.3 is 20.3 Å². The first-order chi connectivity index (χ1) is 17.9. The summed E-state index contributed by atoms with van der Waals surface area (Å²) in [6.45, 7) is 10.6. The van der Waals surface area contributed by atoms with E-state index in [1.54, 1.807) is 23.3 Å². The standard InChI is InChI=1S/C28H43N5O3S/c1-5-9-23(18-22-10-7-6-8-11-22)29-26(34)25(12-13-33-14-16-36-17-15-33)31-28(35)32(4)19-24-20-37-27(30-24)21(2)3/h6-8,10-11,20-21,23,25H,5,9,12-19H2,1-4H3,(H,29,34)(H,31,35)/t23-,25+/m1/s1. The molecule has 8 nitrogen and oxygen atoms in total. The molecule has 9 heteroatoms. The van der Waals surface area contributed by atoms with Crippen LogP contribution in [0.25, 0.3) is 0 Å². The largest absolute Gasteiger partial charge is 0.379 e. The summed E-state index contributed by atoms with van der Waals surface area (Å²) >= 11 is 1.62. The van der Waals surface area contributed by atoms with E-state index >= 15 is 0 Å². The van der Waals surface area contributed by atoms with Gasteiger partial charge in [0.1, 0.15) is 6.04 Å². The fourth-order valence-corrected chi connectivity index (χ4v) is 5.24. The fraction of sp³-hybridized carbons (Fsp3) is 0.607.